The first-order chi connectivity index (χ1) is 7.72. The Kier molecular flexibility index (Phi) is 2.88. The van der Waals surface area contributed by atoms with E-state index in [1.165, 1.54) is 0 Å². The van der Waals surface area contributed by atoms with Crippen LogP contribution in [0.5, 0.6) is 0 Å². The molecule has 84 valence electrons. The molecule has 1 aromatic heterocycles. The number of rotatable bonds is 3. The standard InChI is InChI=1S/C10H13N5O/c1-7(4-11)10(16)14-9-2-3-13-15(9)8-5-12-6-8/h2-3,7-8,12H,5-6H2,1H3,(H,14,16). The van der Waals surface area contributed by atoms with Gasteiger partial charge >= 0.3 is 0 Å². The van der Waals surface area contributed by atoms with E-state index in [2.05, 4.69) is 15.7 Å². The molecule has 1 fully saturated rings. The van der Waals surface area contributed by atoms with Gasteiger partial charge in [-0.25, -0.2) is 4.68 Å². The molecule has 6 heteroatoms. The highest BCUT2D eigenvalue weighted by molar-refractivity contribution is 5.93. The molecule has 2 heterocycles. The molecule has 0 bridgehead atoms. The molecule has 1 aliphatic heterocycles. The number of carbonyl (C=O) groups is 1. The Bertz CT molecular complexity index is 429. The predicted molar refractivity (Wildman–Crippen MR) is 57.5 cm³/mol. The molecule has 2 N–H and O–H groups in total. The number of hydrogen-bond donors (Lipinski definition) is 2. The third-order valence-corrected chi connectivity index (χ3v) is 2.61. The van der Waals surface area contributed by atoms with Gasteiger partial charge in [0.2, 0.25) is 5.91 Å². The lowest BCUT2D eigenvalue weighted by Crippen LogP contribution is -2.44. The number of aromatic nitrogens is 2. The summed E-state index contributed by atoms with van der Waals surface area (Å²) in [5.74, 6) is -0.294. The van der Waals surface area contributed by atoms with Crippen LogP contribution < -0.4 is 10.6 Å². The van der Waals surface area contributed by atoms with Crippen LogP contribution in [-0.2, 0) is 4.79 Å². The van der Waals surface area contributed by atoms with Crippen LogP contribution in [0.15, 0.2) is 12.3 Å². The molecule has 6 nitrogen and oxygen atoms in total. The first-order valence-electron chi connectivity index (χ1n) is 5.17. The summed E-state index contributed by atoms with van der Waals surface area (Å²) in [6, 6.07) is 3.93. The Morgan fingerprint density at radius 2 is 2.56 bits per heavy atom. The van der Waals surface area contributed by atoms with Crippen LogP contribution in [0.3, 0.4) is 0 Å². The van der Waals surface area contributed by atoms with Crippen LogP contribution in [0.4, 0.5) is 5.82 Å². The lowest BCUT2D eigenvalue weighted by molar-refractivity contribution is -0.118. The normalized spacial score (nSPS) is 17.2. The Balaban J connectivity index is 2.07. The number of amides is 1. The molecule has 2 rings (SSSR count). The summed E-state index contributed by atoms with van der Waals surface area (Å²) in [6.07, 6.45) is 1.64. The Morgan fingerprint density at radius 3 is 3.12 bits per heavy atom. The number of carbonyl (C=O) groups excluding carboxylic acids is 1. The predicted octanol–water partition coefficient (Wildman–Crippen LogP) is 0.126. The molecule has 16 heavy (non-hydrogen) atoms. The SMILES string of the molecule is CC(C#N)C(=O)Nc1ccnn1C1CNC1. The van der Waals surface area contributed by atoms with E-state index in [1.54, 1.807) is 23.9 Å². The fraction of sp³-hybridized carbons (Fsp3) is 0.500. The molecular formula is C10H13N5O. The molecule has 1 atom stereocenters. The monoisotopic (exact) mass is 219 g/mol. The summed E-state index contributed by atoms with van der Waals surface area (Å²) in [6.45, 7) is 3.29. The largest absolute Gasteiger partial charge is 0.312 e. The number of hydrogen-bond acceptors (Lipinski definition) is 4. The number of nitrogens with zero attached hydrogens (tertiary/aromatic N) is 3. The summed E-state index contributed by atoms with van der Waals surface area (Å²) < 4.78 is 1.78. The number of nitrogens with one attached hydrogen (secondary N) is 2. The van der Waals surface area contributed by atoms with Crippen LogP contribution in [-0.4, -0.2) is 28.8 Å². The van der Waals surface area contributed by atoms with Gasteiger partial charge in [0.05, 0.1) is 18.3 Å². The maximum atomic E-state index is 11.5. The lowest BCUT2D eigenvalue weighted by atomic mass is 10.2. The van der Waals surface area contributed by atoms with E-state index in [9.17, 15) is 4.79 Å². The molecule has 1 aromatic rings. The maximum Gasteiger partial charge on any atom is 0.242 e. The van der Waals surface area contributed by atoms with Gasteiger partial charge in [0, 0.05) is 19.2 Å². The molecule has 0 aromatic carbocycles. The van der Waals surface area contributed by atoms with Crippen LogP contribution in [0.1, 0.15) is 13.0 Å². The Hall–Kier alpha value is -1.87. The molecule has 1 amide bonds. The van der Waals surface area contributed by atoms with Crippen molar-refractivity contribution < 1.29 is 4.79 Å². The van der Waals surface area contributed by atoms with Gasteiger partial charge in [0.15, 0.2) is 0 Å². The molecule has 0 saturated carbocycles. The molecular weight excluding hydrogens is 206 g/mol. The highest BCUT2D eigenvalue weighted by atomic mass is 16.1. The van der Waals surface area contributed by atoms with E-state index in [1.807, 2.05) is 6.07 Å². The lowest BCUT2D eigenvalue weighted by Gasteiger charge is -2.28. The van der Waals surface area contributed by atoms with Crippen molar-refractivity contribution in [2.75, 3.05) is 18.4 Å². The van der Waals surface area contributed by atoms with E-state index < -0.39 is 5.92 Å². The van der Waals surface area contributed by atoms with Gasteiger partial charge in [0.25, 0.3) is 0 Å². The summed E-state index contributed by atoms with van der Waals surface area (Å²) >= 11 is 0. The Labute approximate surface area is 93.2 Å². The van der Waals surface area contributed by atoms with E-state index in [-0.39, 0.29) is 5.91 Å². The molecule has 0 aliphatic carbocycles. The van der Waals surface area contributed by atoms with E-state index in [0.717, 1.165) is 13.1 Å². The number of anilines is 1. The first-order valence-corrected chi connectivity index (χ1v) is 5.17. The van der Waals surface area contributed by atoms with Gasteiger partial charge in [-0.15, -0.1) is 0 Å². The van der Waals surface area contributed by atoms with E-state index in [4.69, 9.17) is 5.26 Å². The summed E-state index contributed by atoms with van der Waals surface area (Å²) in [5.41, 5.74) is 0. The minimum Gasteiger partial charge on any atom is -0.312 e. The zero-order valence-electron chi connectivity index (χ0n) is 8.97. The van der Waals surface area contributed by atoms with Gasteiger partial charge in [0.1, 0.15) is 11.7 Å². The molecule has 0 radical (unpaired) electrons. The molecule has 1 unspecified atom stereocenters. The first kappa shape index (κ1) is 10.6. The minimum atomic E-state index is -0.650. The van der Waals surface area contributed by atoms with Crippen molar-refractivity contribution in [3.63, 3.8) is 0 Å². The van der Waals surface area contributed by atoms with Gasteiger partial charge in [-0.1, -0.05) is 0 Å². The van der Waals surface area contributed by atoms with Crippen molar-refractivity contribution in [1.29, 1.82) is 5.26 Å². The summed E-state index contributed by atoms with van der Waals surface area (Å²) in [4.78, 5) is 11.5. The molecule has 0 spiro atoms. The van der Waals surface area contributed by atoms with Crippen LogP contribution in [0, 0.1) is 17.2 Å². The molecule has 1 saturated heterocycles. The third-order valence-electron chi connectivity index (χ3n) is 2.61. The van der Waals surface area contributed by atoms with Crippen molar-refractivity contribution in [3.05, 3.63) is 12.3 Å². The maximum absolute atomic E-state index is 11.5. The average molecular weight is 219 g/mol. The average Bonchev–Trinajstić information content (AvgIpc) is 2.62. The minimum absolute atomic E-state index is 0.294. The van der Waals surface area contributed by atoms with Crippen molar-refractivity contribution in [3.8, 4) is 6.07 Å². The second-order valence-electron chi connectivity index (χ2n) is 3.81. The zero-order chi connectivity index (χ0) is 11.5. The van der Waals surface area contributed by atoms with E-state index in [0.29, 0.717) is 11.9 Å². The Morgan fingerprint density at radius 1 is 1.81 bits per heavy atom. The van der Waals surface area contributed by atoms with Gasteiger partial charge < -0.3 is 10.6 Å². The van der Waals surface area contributed by atoms with Crippen LogP contribution in [0.25, 0.3) is 0 Å². The van der Waals surface area contributed by atoms with Gasteiger partial charge in [-0.05, 0) is 6.92 Å². The second kappa shape index (κ2) is 4.33. The fourth-order valence-corrected chi connectivity index (χ4v) is 1.44. The summed E-state index contributed by atoms with van der Waals surface area (Å²) in [5, 5.41) is 18.6. The summed E-state index contributed by atoms with van der Waals surface area (Å²) in [7, 11) is 0. The van der Waals surface area contributed by atoms with Crippen LogP contribution in [0.2, 0.25) is 0 Å². The quantitative estimate of drug-likeness (QED) is 0.756. The third kappa shape index (κ3) is 1.90. The van der Waals surface area contributed by atoms with Crippen molar-refractivity contribution >= 4 is 11.7 Å². The highest BCUT2D eigenvalue weighted by Crippen LogP contribution is 2.17. The fourth-order valence-electron chi connectivity index (χ4n) is 1.44. The van der Waals surface area contributed by atoms with Gasteiger partial charge in [-0.2, -0.15) is 10.4 Å². The topological polar surface area (TPSA) is 82.7 Å². The van der Waals surface area contributed by atoms with Crippen molar-refractivity contribution in [1.82, 2.24) is 15.1 Å². The highest BCUT2D eigenvalue weighted by Gasteiger charge is 2.23. The number of nitriles is 1. The zero-order valence-corrected chi connectivity index (χ0v) is 8.97. The molecule has 1 aliphatic rings. The van der Waals surface area contributed by atoms with E-state index >= 15 is 0 Å². The van der Waals surface area contributed by atoms with Gasteiger partial charge in [-0.3, -0.25) is 4.79 Å². The van der Waals surface area contributed by atoms with Crippen molar-refractivity contribution in [2.45, 2.75) is 13.0 Å². The van der Waals surface area contributed by atoms with Crippen molar-refractivity contribution in [2.24, 2.45) is 5.92 Å². The smallest absolute Gasteiger partial charge is 0.242 e. The second-order valence-corrected chi connectivity index (χ2v) is 3.81. The van der Waals surface area contributed by atoms with Crippen LogP contribution >= 0.6 is 0 Å².